The zero-order chi connectivity index (χ0) is 21.6. The normalized spacial score (nSPS) is 48.8. The Hall–Kier alpha value is 0.01000. The van der Waals surface area contributed by atoms with Gasteiger partial charge in [-0.3, -0.25) is 4.79 Å². The topological polar surface area (TPSA) is 63.2 Å². The van der Waals surface area contributed by atoms with Gasteiger partial charge in [-0.05, 0) is 57.3 Å². The van der Waals surface area contributed by atoms with Gasteiger partial charge in [0.25, 0.3) is 0 Å². The molecule has 0 aromatic rings. The summed E-state index contributed by atoms with van der Waals surface area (Å²) in [4.78, 5) is 24.6. The molecule has 176 valence electrons. The van der Waals surface area contributed by atoms with Gasteiger partial charge in [0.05, 0.1) is 0 Å². The second-order valence-electron chi connectivity index (χ2n) is 10.3. The van der Waals surface area contributed by atoms with Crippen LogP contribution in [0.15, 0.2) is 0 Å². The minimum atomic E-state index is -0.802. The van der Waals surface area contributed by atoms with E-state index in [2.05, 4.69) is 13.8 Å². The number of unbranched alkanes of at least 4 members (excludes halogenated alkanes) is 1. The van der Waals surface area contributed by atoms with E-state index in [1.54, 1.807) is 0 Å². The fourth-order valence-electron chi connectivity index (χ4n) is 6.40. The summed E-state index contributed by atoms with van der Waals surface area (Å²) >= 11 is 0. The molecule has 6 nitrogen and oxygen atoms in total. The molecule has 0 unspecified atom stereocenters. The molecule has 1 aliphatic carbocycles. The third kappa shape index (κ3) is 4.18. The van der Waals surface area contributed by atoms with Crippen LogP contribution in [0.2, 0.25) is 0 Å². The average Bonchev–Trinajstić information content (AvgIpc) is 3.16. The summed E-state index contributed by atoms with van der Waals surface area (Å²) in [6.07, 6.45) is 7.69. The van der Waals surface area contributed by atoms with Gasteiger partial charge in [0, 0.05) is 35.7 Å². The molecule has 5 aliphatic heterocycles. The fourth-order valence-corrected chi connectivity index (χ4v) is 9.43. The van der Waals surface area contributed by atoms with E-state index in [1.165, 1.54) is 18.6 Å². The standard InChI is InChI=1S/C23H36O6S2/c1-14-8-9-18-15(2)20(25-19(24)7-5-4-6-16-11-13-30-31-16)26-21-23(18)17(14)10-12-22(3,27-21)28-29-23/h14-18,20-21H,4-13H2,1-3H3/t14-,15-,16+,17+,18+,20+,21-,22-,23-/m1/s1. The molecule has 0 N–H and O–H groups in total. The first-order valence-electron chi connectivity index (χ1n) is 12.1. The number of carbonyl (C=O) groups excluding carboxylic acids is 1. The summed E-state index contributed by atoms with van der Waals surface area (Å²) < 4.78 is 18.5. The van der Waals surface area contributed by atoms with Crippen LogP contribution in [-0.2, 0) is 28.8 Å². The Morgan fingerprint density at radius 3 is 2.77 bits per heavy atom. The number of hydrogen-bond donors (Lipinski definition) is 0. The molecule has 31 heavy (non-hydrogen) atoms. The quantitative estimate of drug-likeness (QED) is 0.219. The van der Waals surface area contributed by atoms with Gasteiger partial charge in [-0.1, -0.05) is 41.9 Å². The first-order valence-corrected chi connectivity index (χ1v) is 14.5. The predicted molar refractivity (Wildman–Crippen MR) is 120 cm³/mol. The highest BCUT2D eigenvalue weighted by atomic mass is 33.1. The zero-order valence-electron chi connectivity index (χ0n) is 18.9. The van der Waals surface area contributed by atoms with Gasteiger partial charge in [-0.2, -0.15) is 0 Å². The number of fused-ring (bicyclic) bond motifs is 2. The highest BCUT2D eigenvalue weighted by Gasteiger charge is 2.69. The molecule has 2 bridgehead atoms. The summed E-state index contributed by atoms with van der Waals surface area (Å²) in [7, 11) is 3.97. The lowest BCUT2D eigenvalue weighted by molar-refractivity contribution is -0.576. The Labute approximate surface area is 193 Å². The second-order valence-corrected chi connectivity index (χ2v) is 13.1. The molecule has 8 heteroatoms. The summed E-state index contributed by atoms with van der Waals surface area (Å²) in [5.41, 5.74) is -0.604. The zero-order valence-corrected chi connectivity index (χ0v) is 20.5. The van der Waals surface area contributed by atoms with E-state index < -0.39 is 24.0 Å². The van der Waals surface area contributed by atoms with E-state index in [9.17, 15) is 4.79 Å². The monoisotopic (exact) mass is 472 g/mol. The van der Waals surface area contributed by atoms with E-state index in [0.29, 0.717) is 18.3 Å². The van der Waals surface area contributed by atoms with Crippen LogP contribution in [0.25, 0.3) is 0 Å². The Balaban J connectivity index is 1.22. The van der Waals surface area contributed by atoms with Gasteiger partial charge < -0.3 is 14.2 Å². The molecule has 0 aromatic carbocycles. The van der Waals surface area contributed by atoms with Crippen LogP contribution in [0.4, 0.5) is 0 Å². The van der Waals surface area contributed by atoms with Gasteiger partial charge >= 0.3 is 5.97 Å². The Kier molecular flexibility index (Phi) is 6.61. The highest BCUT2D eigenvalue weighted by molar-refractivity contribution is 8.77. The number of rotatable bonds is 6. The van der Waals surface area contributed by atoms with Crippen LogP contribution < -0.4 is 0 Å². The summed E-state index contributed by atoms with van der Waals surface area (Å²) in [6, 6.07) is 0. The van der Waals surface area contributed by atoms with E-state index in [0.717, 1.165) is 43.8 Å². The Morgan fingerprint density at radius 2 is 1.97 bits per heavy atom. The maximum absolute atomic E-state index is 12.6. The average molecular weight is 473 g/mol. The molecule has 0 radical (unpaired) electrons. The van der Waals surface area contributed by atoms with Gasteiger partial charge in [-0.25, -0.2) is 9.78 Å². The number of ether oxygens (including phenoxy) is 3. The maximum Gasteiger partial charge on any atom is 0.308 e. The number of esters is 1. The fraction of sp³-hybridized carbons (Fsp3) is 0.957. The van der Waals surface area contributed by atoms with Crippen molar-refractivity contribution in [3.8, 4) is 0 Å². The molecule has 0 aromatic heterocycles. The molecule has 9 atom stereocenters. The minimum absolute atomic E-state index is 0.0387. The van der Waals surface area contributed by atoms with E-state index in [-0.39, 0.29) is 17.8 Å². The molecule has 1 saturated carbocycles. The molecule has 6 rings (SSSR count). The predicted octanol–water partition coefficient (Wildman–Crippen LogP) is 5.45. The lowest BCUT2D eigenvalue weighted by Gasteiger charge is -2.59. The van der Waals surface area contributed by atoms with Gasteiger partial charge in [0.15, 0.2) is 11.9 Å². The molecule has 6 fully saturated rings. The molecule has 0 amide bonds. The maximum atomic E-state index is 12.6. The van der Waals surface area contributed by atoms with Gasteiger partial charge in [-0.15, -0.1) is 0 Å². The molecular formula is C23H36O6S2. The van der Waals surface area contributed by atoms with Gasteiger partial charge in [0.2, 0.25) is 12.1 Å². The van der Waals surface area contributed by atoms with Crippen LogP contribution in [0.5, 0.6) is 0 Å². The van der Waals surface area contributed by atoms with Gasteiger partial charge in [0.1, 0.15) is 0 Å². The van der Waals surface area contributed by atoms with Crippen LogP contribution in [0, 0.1) is 23.7 Å². The van der Waals surface area contributed by atoms with Crippen molar-refractivity contribution in [3.63, 3.8) is 0 Å². The van der Waals surface area contributed by atoms with Crippen molar-refractivity contribution in [1.29, 1.82) is 0 Å². The first kappa shape index (κ1) is 22.8. The highest BCUT2D eigenvalue weighted by Crippen LogP contribution is 2.60. The van der Waals surface area contributed by atoms with Crippen LogP contribution in [-0.4, -0.2) is 40.9 Å². The minimum Gasteiger partial charge on any atom is -0.435 e. The van der Waals surface area contributed by atoms with Crippen LogP contribution in [0.1, 0.15) is 78.6 Å². The van der Waals surface area contributed by atoms with Crippen molar-refractivity contribution < 1.29 is 28.8 Å². The van der Waals surface area contributed by atoms with Crippen LogP contribution in [0.3, 0.4) is 0 Å². The smallest absolute Gasteiger partial charge is 0.308 e. The first-order chi connectivity index (χ1) is 14.9. The molecular weight excluding hydrogens is 436 g/mol. The number of carbonyl (C=O) groups is 1. The third-order valence-electron chi connectivity index (χ3n) is 8.23. The third-order valence-corrected chi connectivity index (χ3v) is 11.2. The van der Waals surface area contributed by atoms with Crippen molar-refractivity contribution in [2.45, 2.75) is 108 Å². The van der Waals surface area contributed by atoms with Crippen molar-refractivity contribution in [1.82, 2.24) is 0 Å². The van der Waals surface area contributed by atoms with E-state index >= 15 is 0 Å². The Bertz CT molecular complexity index is 672. The van der Waals surface area contributed by atoms with Crippen molar-refractivity contribution in [2.24, 2.45) is 23.7 Å². The molecule has 6 aliphatic rings. The van der Waals surface area contributed by atoms with E-state index in [4.69, 9.17) is 24.0 Å². The summed E-state index contributed by atoms with van der Waals surface area (Å²) in [6.45, 7) is 6.34. The summed E-state index contributed by atoms with van der Waals surface area (Å²) in [5.74, 6) is 1.37. The molecule has 5 heterocycles. The molecule has 1 spiro atoms. The lowest BCUT2D eigenvalue weighted by Crippen LogP contribution is -2.70. The SMILES string of the molecule is C[C@H]1[C@@H](OC(=O)CCCC[C@H]2CCSS2)O[C@@H]2O[C@@]3(C)CC[C@H]4[C@H](C)CC[C@@H]1[C@@]24OO3. The van der Waals surface area contributed by atoms with Crippen molar-refractivity contribution in [2.75, 3.05) is 5.75 Å². The lowest BCUT2D eigenvalue weighted by atomic mass is 9.58. The van der Waals surface area contributed by atoms with Crippen molar-refractivity contribution >= 4 is 27.6 Å². The Morgan fingerprint density at radius 1 is 1.10 bits per heavy atom. The van der Waals surface area contributed by atoms with Crippen LogP contribution >= 0.6 is 21.6 Å². The molecule has 5 saturated heterocycles. The largest absolute Gasteiger partial charge is 0.435 e. The van der Waals surface area contributed by atoms with Crippen molar-refractivity contribution in [3.05, 3.63) is 0 Å². The summed E-state index contributed by atoms with van der Waals surface area (Å²) in [5, 5.41) is 0.756. The number of hydrogen-bond acceptors (Lipinski definition) is 8. The second kappa shape index (κ2) is 8.99. The van der Waals surface area contributed by atoms with E-state index in [1.807, 2.05) is 28.5 Å².